The lowest BCUT2D eigenvalue weighted by Gasteiger charge is -2.22. The number of benzene rings is 1. The first-order valence-corrected chi connectivity index (χ1v) is 5.70. The first kappa shape index (κ1) is 10.1. The molecule has 0 spiro atoms. The third-order valence-corrected chi connectivity index (χ3v) is 3.24. The van der Waals surface area contributed by atoms with Crippen molar-refractivity contribution in [1.29, 1.82) is 0 Å². The molecule has 0 aliphatic carbocycles. The van der Waals surface area contributed by atoms with Gasteiger partial charge in [-0.05, 0) is 24.1 Å². The number of phenols is 1. The fraction of sp³-hybridized carbons (Fsp3) is 0.333. The minimum atomic E-state index is 0.301. The van der Waals surface area contributed by atoms with E-state index >= 15 is 0 Å². The Morgan fingerprint density at radius 1 is 1.29 bits per heavy atom. The Labute approximate surface area is 98.9 Å². The number of aromatic nitrogens is 3. The van der Waals surface area contributed by atoms with E-state index < -0.39 is 0 Å². The molecule has 1 atom stereocenters. The molecule has 0 amide bonds. The average Bonchev–Trinajstić information content (AvgIpc) is 2.69. The van der Waals surface area contributed by atoms with Crippen molar-refractivity contribution in [2.24, 2.45) is 0 Å². The van der Waals surface area contributed by atoms with Crippen molar-refractivity contribution in [3.05, 3.63) is 35.7 Å². The number of anilines is 1. The Kier molecular flexibility index (Phi) is 2.24. The molecule has 88 valence electrons. The lowest BCUT2D eigenvalue weighted by Crippen LogP contribution is -2.19. The predicted octanol–water partition coefficient (Wildman–Crippen LogP) is 1.30. The van der Waals surface area contributed by atoms with E-state index in [2.05, 4.69) is 10.1 Å². The number of hydrogen-bond donors (Lipinski definition) is 2. The lowest BCUT2D eigenvalue weighted by molar-refractivity contribution is 0.422. The van der Waals surface area contributed by atoms with Crippen LogP contribution in [0.2, 0.25) is 0 Å². The first-order chi connectivity index (χ1) is 8.22. The minimum Gasteiger partial charge on any atom is -0.508 e. The van der Waals surface area contributed by atoms with E-state index in [4.69, 9.17) is 5.73 Å². The van der Waals surface area contributed by atoms with Gasteiger partial charge in [-0.1, -0.05) is 12.1 Å². The Bertz CT molecular complexity index is 532. The number of aryl methyl sites for hydroxylation is 1. The number of nitrogens with zero attached hydrogens (tertiary/aromatic N) is 3. The molecule has 17 heavy (non-hydrogen) atoms. The highest BCUT2D eigenvalue weighted by Crippen LogP contribution is 2.28. The summed E-state index contributed by atoms with van der Waals surface area (Å²) >= 11 is 0. The van der Waals surface area contributed by atoms with Crippen LogP contribution >= 0.6 is 0 Å². The molecule has 5 heteroatoms. The number of nitrogen functional groups attached to an aromatic ring is 1. The molecule has 2 aromatic rings. The number of rotatable bonds is 1. The fourth-order valence-electron chi connectivity index (χ4n) is 2.35. The molecule has 3 N–H and O–H groups in total. The largest absolute Gasteiger partial charge is 0.508 e. The maximum absolute atomic E-state index is 9.27. The van der Waals surface area contributed by atoms with Crippen LogP contribution in [0.3, 0.4) is 0 Å². The van der Waals surface area contributed by atoms with E-state index in [-0.39, 0.29) is 0 Å². The van der Waals surface area contributed by atoms with Crippen LogP contribution in [0, 0.1) is 0 Å². The van der Waals surface area contributed by atoms with Crippen LogP contribution in [0.15, 0.2) is 24.3 Å². The van der Waals surface area contributed by atoms with E-state index in [0.717, 1.165) is 25.2 Å². The summed E-state index contributed by atoms with van der Waals surface area (Å²) in [5, 5.41) is 13.5. The second-order valence-electron chi connectivity index (χ2n) is 4.40. The van der Waals surface area contributed by atoms with Gasteiger partial charge in [0.15, 0.2) is 0 Å². The highest BCUT2D eigenvalue weighted by Gasteiger charge is 2.22. The third kappa shape index (κ3) is 1.84. The molecule has 1 aromatic heterocycles. The molecule has 5 nitrogen and oxygen atoms in total. The minimum absolute atomic E-state index is 0.301. The number of phenolic OH excluding ortho intramolecular Hbond substituents is 1. The number of nitrogens with two attached hydrogens (primary N) is 1. The van der Waals surface area contributed by atoms with Crippen LogP contribution in [0.25, 0.3) is 0 Å². The van der Waals surface area contributed by atoms with Crippen molar-refractivity contribution in [1.82, 2.24) is 14.8 Å². The van der Waals surface area contributed by atoms with Gasteiger partial charge in [-0.25, -0.2) is 4.68 Å². The average molecular weight is 230 g/mol. The Morgan fingerprint density at radius 2 is 2.06 bits per heavy atom. The Balaban J connectivity index is 1.86. The molecule has 0 radical (unpaired) electrons. The fourth-order valence-corrected chi connectivity index (χ4v) is 2.35. The van der Waals surface area contributed by atoms with Gasteiger partial charge in [-0.2, -0.15) is 4.98 Å². The molecule has 1 aliphatic rings. The van der Waals surface area contributed by atoms with Gasteiger partial charge in [0, 0.05) is 18.9 Å². The molecule has 2 heterocycles. The first-order valence-electron chi connectivity index (χ1n) is 5.70. The zero-order chi connectivity index (χ0) is 11.8. The van der Waals surface area contributed by atoms with E-state index in [1.165, 1.54) is 5.56 Å². The van der Waals surface area contributed by atoms with Crippen molar-refractivity contribution >= 4 is 5.95 Å². The van der Waals surface area contributed by atoms with Crippen molar-refractivity contribution in [3.8, 4) is 5.75 Å². The zero-order valence-corrected chi connectivity index (χ0v) is 9.37. The van der Waals surface area contributed by atoms with E-state index in [0.29, 0.717) is 17.6 Å². The Morgan fingerprint density at radius 3 is 2.82 bits per heavy atom. The molecule has 1 aromatic carbocycles. The number of hydrogen-bond acceptors (Lipinski definition) is 4. The van der Waals surface area contributed by atoms with Crippen LogP contribution in [-0.2, 0) is 13.0 Å². The standard InChI is InChI=1S/C12H14N4O/c13-12-14-11-6-3-9(7-16(11)15-12)8-1-4-10(17)5-2-8/h1-2,4-5,9,17H,3,6-7H2,(H2,13,15). The summed E-state index contributed by atoms with van der Waals surface area (Å²) in [7, 11) is 0. The Hall–Kier alpha value is -2.04. The summed E-state index contributed by atoms with van der Waals surface area (Å²) < 4.78 is 1.89. The van der Waals surface area contributed by atoms with Gasteiger partial charge in [0.1, 0.15) is 11.6 Å². The van der Waals surface area contributed by atoms with Crippen LogP contribution < -0.4 is 5.73 Å². The van der Waals surface area contributed by atoms with Crippen molar-refractivity contribution in [2.45, 2.75) is 25.3 Å². The highest BCUT2D eigenvalue weighted by molar-refractivity contribution is 5.29. The maximum atomic E-state index is 9.27. The summed E-state index contributed by atoms with van der Waals surface area (Å²) in [5.74, 6) is 2.04. The van der Waals surface area contributed by atoms with E-state index in [1.54, 1.807) is 12.1 Å². The van der Waals surface area contributed by atoms with Gasteiger partial charge in [0.05, 0.1) is 0 Å². The van der Waals surface area contributed by atoms with Crippen LogP contribution in [0.4, 0.5) is 5.95 Å². The van der Waals surface area contributed by atoms with Crippen LogP contribution in [0.5, 0.6) is 5.75 Å². The second-order valence-corrected chi connectivity index (χ2v) is 4.40. The molecular formula is C12H14N4O. The van der Waals surface area contributed by atoms with E-state index in [1.807, 2.05) is 16.8 Å². The monoisotopic (exact) mass is 230 g/mol. The van der Waals surface area contributed by atoms with Crippen molar-refractivity contribution in [3.63, 3.8) is 0 Å². The molecular weight excluding hydrogens is 216 g/mol. The maximum Gasteiger partial charge on any atom is 0.239 e. The van der Waals surface area contributed by atoms with Gasteiger partial charge < -0.3 is 10.8 Å². The van der Waals surface area contributed by atoms with Crippen molar-refractivity contribution < 1.29 is 5.11 Å². The summed E-state index contributed by atoms with van der Waals surface area (Å²) in [4.78, 5) is 4.18. The molecule has 0 saturated heterocycles. The van der Waals surface area contributed by atoms with Gasteiger partial charge >= 0.3 is 0 Å². The van der Waals surface area contributed by atoms with E-state index in [9.17, 15) is 5.11 Å². The summed E-state index contributed by atoms with van der Waals surface area (Å²) in [6, 6.07) is 7.37. The van der Waals surface area contributed by atoms with Gasteiger partial charge in [0.25, 0.3) is 0 Å². The molecule has 0 saturated carbocycles. The smallest absolute Gasteiger partial charge is 0.239 e. The van der Waals surface area contributed by atoms with Gasteiger partial charge in [0.2, 0.25) is 5.95 Å². The highest BCUT2D eigenvalue weighted by atomic mass is 16.3. The normalized spacial score (nSPS) is 18.9. The van der Waals surface area contributed by atoms with Crippen LogP contribution in [0.1, 0.15) is 23.7 Å². The predicted molar refractivity (Wildman–Crippen MR) is 63.6 cm³/mol. The molecule has 1 unspecified atom stereocenters. The number of fused-ring (bicyclic) bond motifs is 1. The topological polar surface area (TPSA) is 77.0 Å². The lowest BCUT2D eigenvalue weighted by atomic mass is 9.92. The van der Waals surface area contributed by atoms with Crippen LogP contribution in [-0.4, -0.2) is 19.9 Å². The SMILES string of the molecule is Nc1nc2n(n1)CC(c1ccc(O)cc1)CC2. The second kappa shape index (κ2) is 3.76. The third-order valence-electron chi connectivity index (χ3n) is 3.24. The van der Waals surface area contributed by atoms with Crippen molar-refractivity contribution in [2.75, 3.05) is 5.73 Å². The molecule has 1 aliphatic heterocycles. The summed E-state index contributed by atoms with van der Waals surface area (Å²) in [6.45, 7) is 0.810. The molecule has 0 bridgehead atoms. The summed E-state index contributed by atoms with van der Waals surface area (Å²) in [5.41, 5.74) is 6.81. The molecule has 3 rings (SSSR count). The van der Waals surface area contributed by atoms with Gasteiger partial charge in [-0.15, -0.1) is 5.10 Å². The van der Waals surface area contributed by atoms with Gasteiger partial charge in [-0.3, -0.25) is 0 Å². The quantitative estimate of drug-likeness (QED) is 0.774. The summed E-state index contributed by atoms with van der Waals surface area (Å²) in [6.07, 6.45) is 1.94. The number of aromatic hydroxyl groups is 1. The molecule has 0 fully saturated rings. The zero-order valence-electron chi connectivity index (χ0n) is 9.37.